The molecule has 0 spiro atoms. The zero-order chi connectivity index (χ0) is 14.7. The molecule has 1 aromatic heterocycles. The molecular weight excluding hydrogens is 305 g/mol. The number of primary amides is 1. The van der Waals surface area contributed by atoms with E-state index >= 15 is 0 Å². The molecule has 0 aliphatic rings. The molecule has 0 bridgehead atoms. The lowest BCUT2D eigenvalue weighted by atomic mass is 9.96. The number of nitrogens with zero attached hydrogens (tertiary/aromatic N) is 3. The number of ether oxygens (including phenoxy) is 1. The van der Waals surface area contributed by atoms with Crippen molar-refractivity contribution in [2.75, 3.05) is 0 Å². The molecule has 0 saturated carbocycles. The topological polar surface area (TPSA) is 107 Å². The number of benzene rings is 1. The number of amides is 1. The predicted molar refractivity (Wildman–Crippen MR) is 72.5 cm³/mol. The number of aromatic amines is 1. The van der Waals surface area contributed by atoms with Crippen LogP contribution in [-0.4, -0.2) is 26.7 Å². The van der Waals surface area contributed by atoms with E-state index in [9.17, 15) is 4.79 Å². The van der Waals surface area contributed by atoms with Crippen molar-refractivity contribution in [1.82, 2.24) is 20.6 Å². The molecule has 1 heterocycles. The number of H-pyrrole nitrogens is 1. The summed E-state index contributed by atoms with van der Waals surface area (Å²) in [5, 5.41) is 14.3. The third-order valence-corrected chi connectivity index (χ3v) is 3.48. The van der Waals surface area contributed by atoms with Crippen LogP contribution in [0.25, 0.3) is 0 Å². The Morgan fingerprint density at radius 1 is 1.40 bits per heavy atom. The quantitative estimate of drug-likeness (QED) is 0.901. The fraction of sp³-hybridized carbons (Fsp3) is 0.273. The van der Waals surface area contributed by atoms with Crippen LogP contribution >= 0.6 is 23.2 Å². The highest BCUT2D eigenvalue weighted by Gasteiger charge is 2.27. The van der Waals surface area contributed by atoms with E-state index < -0.39 is 12.2 Å². The number of aromatic nitrogens is 4. The molecule has 1 aromatic carbocycles. The maximum atomic E-state index is 11.1. The maximum absolute atomic E-state index is 11.1. The van der Waals surface area contributed by atoms with Gasteiger partial charge in [0, 0.05) is 0 Å². The number of halogens is 2. The van der Waals surface area contributed by atoms with Gasteiger partial charge in [-0.2, -0.15) is 5.21 Å². The third kappa shape index (κ3) is 3.17. The predicted octanol–water partition coefficient (Wildman–Crippen LogP) is 2.45. The Bertz CT molecular complexity index is 605. The van der Waals surface area contributed by atoms with E-state index in [1.54, 1.807) is 25.1 Å². The number of rotatable bonds is 4. The molecule has 2 atom stereocenters. The molecule has 0 aliphatic heterocycles. The molecular formula is C11H11Cl2N5O2. The van der Waals surface area contributed by atoms with Crippen LogP contribution in [-0.2, 0) is 4.74 Å². The SMILES string of the molecule is CC(c1nn[nH]n1)C(OC(N)=O)c1ccc(Cl)c(Cl)c1. The van der Waals surface area contributed by atoms with Gasteiger partial charge in [-0.25, -0.2) is 4.79 Å². The van der Waals surface area contributed by atoms with E-state index in [4.69, 9.17) is 33.7 Å². The Morgan fingerprint density at radius 2 is 2.15 bits per heavy atom. The van der Waals surface area contributed by atoms with Gasteiger partial charge in [-0.3, -0.25) is 0 Å². The van der Waals surface area contributed by atoms with Crippen LogP contribution in [0.2, 0.25) is 10.0 Å². The van der Waals surface area contributed by atoms with Crippen molar-refractivity contribution in [2.45, 2.75) is 18.9 Å². The van der Waals surface area contributed by atoms with Crippen molar-refractivity contribution >= 4 is 29.3 Å². The number of nitrogens with one attached hydrogen (secondary N) is 1. The first-order valence-corrected chi connectivity index (χ1v) is 6.39. The van der Waals surface area contributed by atoms with Crippen molar-refractivity contribution in [1.29, 1.82) is 0 Å². The van der Waals surface area contributed by atoms with Crippen molar-refractivity contribution in [2.24, 2.45) is 5.73 Å². The number of hydrogen-bond acceptors (Lipinski definition) is 5. The molecule has 9 heteroatoms. The summed E-state index contributed by atoms with van der Waals surface area (Å²) in [6.45, 7) is 1.78. The van der Waals surface area contributed by atoms with Crippen molar-refractivity contribution in [3.8, 4) is 0 Å². The van der Waals surface area contributed by atoms with Gasteiger partial charge in [0.15, 0.2) is 5.82 Å². The molecule has 7 nitrogen and oxygen atoms in total. The van der Waals surface area contributed by atoms with E-state index in [1.165, 1.54) is 0 Å². The Kier molecular flexibility index (Phi) is 4.41. The summed E-state index contributed by atoms with van der Waals surface area (Å²) in [6, 6.07) is 4.91. The van der Waals surface area contributed by atoms with Gasteiger partial charge in [-0.15, -0.1) is 10.2 Å². The highest BCUT2D eigenvalue weighted by Crippen LogP contribution is 2.34. The zero-order valence-electron chi connectivity index (χ0n) is 10.4. The second kappa shape index (κ2) is 6.06. The first-order valence-electron chi connectivity index (χ1n) is 5.63. The smallest absolute Gasteiger partial charge is 0.405 e. The van der Waals surface area contributed by atoms with E-state index in [0.29, 0.717) is 21.4 Å². The highest BCUT2D eigenvalue weighted by molar-refractivity contribution is 6.42. The molecule has 3 N–H and O–H groups in total. The van der Waals surface area contributed by atoms with Gasteiger partial charge < -0.3 is 10.5 Å². The summed E-state index contributed by atoms with van der Waals surface area (Å²) in [6.07, 6.45) is -1.60. The van der Waals surface area contributed by atoms with Gasteiger partial charge in [0.25, 0.3) is 0 Å². The van der Waals surface area contributed by atoms with Crippen LogP contribution in [0, 0.1) is 0 Å². The van der Waals surface area contributed by atoms with Crippen molar-refractivity contribution in [3.05, 3.63) is 39.6 Å². The average molecular weight is 316 g/mol. The molecule has 2 rings (SSSR count). The molecule has 1 amide bonds. The van der Waals surface area contributed by atoms with Crippen molar-refractivity contribution in [3.63, 3.8) is 0 Å². The lowest BCUT2D eigenvalue weighted by Crippen LogP contribution is -2.21. The van der Waals surface area contributed by atoms with Gasteiger partial charge in [0.05, 0.1) is 16.0 Å². The Balaban J connectivity index is 2.36. The Morgan fingerprint density at radius 3 is 2.70 bits per heavy atom. The lowest BCUT2D eigenvalue weighted by molar-refractivity contribution is 0.0909. The number of hydrogen-bond donors (Lipinski definition) is 2. The third-order valence-electron chi connectivity index (χ3n) is 2.74. The molecule has 0 aliphatic carbocycles. The second-order valence-electron chi connectivity index (χ2n) is 4.09. The van der Waals surface area contributed by atoms with Gasteiger partial charge >= 0.3 is 6.09 Å². The summed E-state index contributed by atoms with van der Waals surface area (Å²) in [5.74, 6) is 0.0285. The molecule has 0 radical (unpaired) electrons. The number of tetrazole rings is 1. The number of nitrogens with two attached hydrogens (primary N) is 1. The first kappa shape index (κ1) is 14.5. The fourth-order valence-corrected chi connectivity index (χ4v) is 2.08. The van der Waals surface area contributed by atoms with Crippen LogP contribution in [0.3, 0.4) is 0 Å². The van der Waals surface area contributed by atoms with E-state index in [-0.39, 0.29) is 5.92 Å². The second-order valence-corrected chi connectivity index (χ2v) is 4.90. The molecule has 0 saturated heterocycles. The summed E-state index contributed by atoms with van der Waals surface area (Å²) in [5.41, 5.74) is 5.74. The normalized spacial score (nSPS) is 13.8. The monoisotopic (exact) mass is 315 g/mol. The molecule has 0 fully saturated rings. The van der Waals surface area contributed by atoms with Crippen LogP contribution in [0.4, 0.5) is 4.79 Å². The minimum Gasteiger partial charge on any atom is -0.441 e. The van der Waals surface area contributed by atoms with Gasteiger partial charge in [0.2, 0.25) is 0 Å². The van der Waals surface area contributed by atoms with Crippen LogP contribution in [0.1, 0.15) is 30.3 Å². The molecule has 2 aromatic rings. The van der Waals surface area contributed by atoms with Gasteiger partial charge in [-0.05, 0) is 17.7 Å². The highest BCUT2D eigenvalue weighted by atomic mass is 35.5. The van der Waals surface area contributed by atoms with E-state index in [1.807, 2.05) is 0 Å². The average Bonchev–Trinajstić information content (AvgIpc) is 2.92. The molecule has 2 unspecified atom stereocenters. The summed E-state index contributed by atoms with van der Waals surface area (Å²) >= 11 is 11.8. The summed E-state index contributed by atoms with van der Waals surface area (Å²) in [7, 11) is 0. The summed E-state index contributed by atoms with van der Waals surface area (Å²) < 4.78 is 5.13. The Hall–Kier alpha value is -1.86. The standard InChI is InChI=1S/C11H11Cl2N5O2/c1-5(10-15-17-18-16-10)9(20-11(14)19)6-2-3-7(12)8(13)4-6/h2-5,9H,1H3,(H2,14,19)(H,15,16,17,18). The zero-order valence-corrected chi connectivity index (χ0v) is 11.9. The van der Waals surface area contributed by atoms with Gasteiger partial charge in [0.1, 0.15) is 6.10 Å². The fourth-order valence-electron chi connectivity index (χ4n) is 1.77. The van der Waals surface area contributed by atoms with Crippen molar-refractivity contribution < 1.29 is 9.53 Å². The lowest BCUT2D eigenvalue weighted by Gasteiger charge is -2.21. The van der Waals surface area contributed by atoms with Crippen LogP contribution in [0.5, 0.6) is 0 Å². The maximum Gasteiger partial charge on any atom is 0.405 e. The van der Waals surface area contributed by atoms with Crippen LogP contribution in [0.15, 0.2) is 18.2 Å². The van der Waals surface area contributed by atoms with Crippen LogP contribution < -0.4 is 5.73 Å². The first-order chi connectivity index (χ1) is 9.49. The number of carbonyl (C=O) groups is 1. The largest absolute Gasteiger partial charge is 0.441 e. The van der Waals surface area contributed by atoms with Gasteiger partial charge in [-0.1, -0.05) is 41.4 Å². The van der Waals surface area contributed by atoms with E-state index in [0.717, 1.165) is 0 Å². The Labute approximate surface area is 124 Å². The van der Waals surface area contributed by atoms with E-state index in [2.05, 4.69) is 20.6 Å². The molecule has 106 valence electrons. The molecule has 20 heavy (non-hydrogen) atoms. The number of carbonyl (C=O) groups excluding carboxylic acids is 1. The minimum atomic E-state index is -0.906. The minimum absolute atomic E-state index is 0.350. The summed E-state index contributed by atoms with van der Waals surface area (Å²) in [4.78, 5) is 11.1.